The number of aromatic nitrogens is 2. The third-order valence-corrected chi connectivity index (χ3v) is 5.24. The summed E-state index contributed by atoms with van der Waals surface area (Å²) in [5, 5.41) is 9.09. The predicted molar refractivity (Wildman–Crippen MR) is 121 cm³/mol. The van der Waals surface area contributed by atoms with Crippen LogP contribution < -0.4 is 20.7 Å². The Hall–Kier alpha value is -3.98. The zero-order chi connectivity index (χ0) is 21.8. The van der Waals surface area contributed by atoms with E-state index in [1.807, 2.05) is 25.1 Å². The van der Waals surface area contributed by atoms with Gasteiger partial charge in [0.25, 0.3) is 5.91 Å². The molecule has 3 amide bonds. The molecule has 0 aliphatic rings. The third-order valence-electron chi connectivity index (χ3n) is 4.29. The first-order chi connectivity index (χ1) is 15.0. The number of urea groups is 1. The maximum Gasteiger partial charge on any atom is 0.323 e. The van der Waals surface area contributed by atoms with Gasteiger partial charge in [-0.1, -0.05) is 0 Å². The molecule has 2 aromatic carbocycles. The number of pyridine rings is 1. The first-order valence-electron chi connectivity index (χ1n) is 9.41. The Morgan fingerprint density at radius 3 is 2.45 bits per heavy atom. The summed E-state index contributed by atoms with van der Waals surface area (Å²) < 4.78 is 6.84. The van der Waals surface area contributed by atoms with Crippen LogP contribution in [0.3, 0.4) is 0 Å². The largest absolute Gasteiger partial charge is 0.457 e. The van der Waals surface area contributed by atoms with Gasteiger partial charge in [0, 0.05) is 30.7 Å². The van der Waals surface area contributed by atoms with E-state index in [1.165, 1.54) is 13.2 Å². The molecular formula is C22H19N5O3S. The minimum absolute atomic E-state index is 0.265. The number of ether oxygens (including phenoxy) is 1. The average Bonchev–Trinajstić information content (AvgIpc) is 3.14. The molecule has 0 saturated carbocycles. The molecule has 9 heteroatoms. The van der Waals surface area contributed by atoms with Crippen molar-refractivity contribution in [1.29, 1.82) is 0 Å². The van der Waals surface area contributed by atoms with Gasteiger partial charge in [0.2, 0.25) is 0 Å². The zero-order valence-electron chi connectivity index (χ0n) is 16.8. The SMILES string of the molecule is CNC(=O)c1cc(Oc2ccc(NC(=O)Nc3ccc4sc(C)nc4c3)cc2)ccn1. The van der Waals surface area contributed by atoms with Gasteiger partial charge in [0.05, 0.1) is 15.2 Å². The minimum atomic E-state index is -0.357. The van der Waals surface area contributed by atoms with Gasteiger partial charge in [-0.25, -0.2) is 9.78 Å². The number of fused-ring (bicyclic) bond motifs is 1. The predicted octanol–water partition coefficient (Wildman–Crippen LogP) is 4.80. The summed E-state index contributed by atoms with van der Waals surface area (Å²) in [6.45, 7) is 1.95. The van der Waals surface area contributed by atoms with Crippen molar-refractivity contribution in [3.63, 3.8) is 0 Å². The number of hydrogen-bond acceptors (Lipinski definition) is 6. The summed E-state index contributed by atoms with van der Waals surface area (Å²) in [5.41, 5.74) is 2.40. The van der Waals surface area contributed by atoms with Gasteiger partial charge < -0.3 is 20.7 Å². The highest BCUT2D eigenvalue weighted by Crippen LogP contribution is 2.25. The van der Waals surface area contributed by atoms with Gasteiger partial charge in [0.1, 0.15) is 17.2 Å². The highest BCUT2D eigenvalue weighted by Gasteiger charge is 2.08. The lowest BCUT2D eigenvalue weighted by atomic mass is 10.3. The Morgan fingerprint density at radius 2 is 1.68 bits per heavy atom. The summed E-state index contributed by atoms with van der Waals surface area (Å²) in [7, 11) is 1.54. The number of thiazole rings is 1. The summed E-state index contributed by atoms with van der Waals surface area (Å²) in [4.78, 5) is 32.4. The van der Waals surface area contributed by atoms with Crippen LogP contribution in [0.25, 0.3) is 10.2 Å². The Labute approximate surface area is 182 Å². The monoisotopic (exact) mass is 433 g/mol. The smallest absolute Gasteiger partial charge is 0.323 e. The van der Waals surface area contributed by atoms with Gasteiger partial charge in [-0.15, -0.1) is 11.3 Å². The van der Waals surface area contributed by atoms with Crippen molar-refractivity contribution >= 4 is 44.9 Å². The lowest BCUT2D eigenvalue weighted by molar-refractivity contribution is 0.0958. The number of anilines is 2. The highest BCUT2D eigenvalue weighted by molar-refractivity contribution is 7.18. The first kappa shape index (κ1) is 20.3. The maximum atomic E-state index is 12.3. The molecule has 2 aromatic heterocycles. The number of benzene rings is 2. The van der Waals surface area contributed by atoms with E-state index in [0.29, 0.717) is 22.9 Å². The van der Waals surface area contributed by atoms with Crippen LogP contribution in [-0.2, 0) is 0 Å². The number of amides is 3. The van der Waals surface area contributed by atoms with E-state index < -0.39 is 0 Å². The number of nitrogens with one attached hydrogen (secondary N) is 3. The van der Waals surface area contributed by atoms with Gasteiger partial charge in [-0.2, -0.15) is 0 Å². The van der Waals surface area contributed by atoms with Crippen LogP contribution in [0, 0.1) is 6.92 Å². The van der Waals surface area contributed by atoms with Crippen LogP contribution in [0.1, 0.15) is 15.5 Å². The molecule has 0 fully saturated rings. The minimum Gasteiger partial charge on any atom is -0.457 e. The quantitative estimate of drug-likeness (QED) is 0.419. The van der Waals surface area contributed by atoms with Crippen molar-refractivity contribution in [3.8, 4) is 11.5 Å². The molecule has 0 saturated heterocycles. The maximum absolute atomic E-state index is 12.3. The number of aryl methyl sites for hydroxylation is 1. The Kier molecular flexibility index (Phi) is 5.76. The van der Waals surface area contributed by atoms with Gasteiger partial charge >= 0.3 is 6.03 Å². The number of hydrogen-bond donors (Lipinski definition) is 3. The van der Waals surface area contributed by atoms with E-state index in [-0.39, 0.29) is 17.6 Å². The van der Waals surface area contributed by atoms with Crippen molar-refractivity contribution in [2.75, 3.05) is 17.7 Å². The second kappa shape index (κ2) is 8.80. The fourth-order valence-electron chi connectivity index (χ4n) is 2.88. The second-order valence-electron chi connectivity index (χ2n) is 6.58. The average molecular weight is 433 g/mol. The lowest BCUT2D eigenvalue weighted by Crippen LogP contribution is -2.19. The van der Waals surface area contributed by atoms with Crippen LogP contribution in [0.15, 0.2) is 60.8 Å². The van der Waals surface area contributed by atoms with E-state index in [1.54, 1.807) is 47.7 Å². The molecule has 0 aliphatic heterocycles. The molecular weight excluding hydrogens is 414 g/mol. The fourth-order valence-corrected chi connectivity index (χ4v) is 3.69. The van der Waals surface area contributed by atoms with E-state index in [4.69, 9.17) is 4.74 Å². The molecule has 0 bridgehead atoms. The number of carbonyl (C=O) groups excluding carboxylic acids is 2. The van der Waals surface area contributed by atoms with Gasteiger partial charge in [0.15, 0.2) is 0 Å². The highest BCUT2D eigenvalue weighted by atomic mass is 32.1. The van der Waals surface area contributed by atoms with Crippen LogP contribution in [-0.4, -0.2) is 29.0 Å². The third kappa shape index (κ3) is 4.96. The van der Waals surface area contributed by atoms with E-state index in [0.717, 1.165) is 15.2 Å². The lowest BCUT2D eigenvalue weighted by Gasteiger charge is -2.10. The molecule has 0 spiro atoms. The van der Waals surface area contributed by atoms with Crippen LogP contribution in [0.4, 0.5) is 16.2 Å². The fraction of sp³-hybridized carbons (Fsp3) is 0.0909. The normalized spacial score (nSPS) is 10.5. The summed E-state index contributed by atoms with van der Waals surface area (Å²) >= 11 is 1.61. The van der Waals surface area contributed by atoms with Crippen molar-refractivity contribution in [3.05, 3.63) is 71.5 Å². The summed E-state index contributed by atoms with van der Waals surface area (Å²) in [6.07, 6.45) is 1.50. The van der Waals surface area contributed by atoms with Crippen molar-refractivity contribution in [2.24, 2.45) is 0 Å². The van der Waals surface area contributed by atoms with Gasteiger partial charge in [-0.05, 0) is 55.5 Å². The first-order valence-corrected chi connectivity index (χ1v) is 10.2. The zero-order valence-corrected chi connectivity index (χ0v) is 17.6. The van der Waals surface area contributed by atoms with Crippen LogP contribution in [0.5, 0.6) is 11.5 Å². The molecule has 0 aliphatic carbocycles. The van der Waals surface area contributed by atoms with Crippen molar-refractivity contribution in [2.45, 2.75) is 6.92 Å². The Bertz CT molecular complexity index is 1250. The van der Waals surface area contributed by atoms with E-state index in [2.05, 4.69) is 25.9 Å². The molecule has 4 aromatic rings. The van der Waals surface area contributed by atoms with Crippen molar-refractivity contribution in [1.82, 2.24) is 15.3 Å². The molecule has 4 rings (SSSR count). The Morgan fingerprint density at radius 1 is 0.935 bits per heavy atom. The van der Waals surface area contributed by atoms with Crippen LogP contribution >= 0.6 is 11.3 Å². The van der Waals surface area contributed by atoms with E-state index >= 15 is 0 Å². The van der Waals surface area contributed by atoms with Crippen molar-refractivity contribution < 1.29 is 14.3 Å². The summed E-state index contributed by atoms with van der Waals surface area (Å²) in [6, 6.07) is 15.4. The molecule has 31 heavy (non-hydrogen) atoms. The molecule has 8 nitrogen and oxygen atoms in total. The Balaban J connectivity index is 1.37. The topological polar surface area (TPSA) is 105 Å². The second-order valence-corrected chi connectivity index (χ2v) is 7.81. The molecule has 3 N–H and O–H groups in total. The number of rotatable bonds is 5. The molecule has 0 atom stereocenters. The van der Waals surface area contributed by atoms with E-state index in [9.17, 15) is 9.59 Å². The molecule has 156 valence electrons. The summed E-state index contributed by atoms with van der Waals surface area (Å²) in [5.74, 6) is 0.754. The molecule has 2 heterocycles. The standard InChI is InChI=1S/C22H19N5O3S/c1-13-25-18-11-15(5-8-20(18)31-13)27-22(29)26-14-3-6-16(7-4-14)30-17-9-10-24-19(12-17)21(28)23-2/h3-12H,1-2H3,(H,23,28)(H2,26,27,29). The van der Waals surface area contributed by atoms with Gasteiger partial charge in [-0.3, -0.25) is 9.78 Å². The molecule has 0 unspecified atom stereocenters. The molecule has 0 radical (unpaired) electrons. The van der Waals surface area contributed by atoms with Crippen LogP contribution in [0.2, 0.25) is 0 Å². The number of nitrogens with zero attached hydrogens (tertiary/aromatic N) is 2. The number of carbonyl (C=O) groups is 2.